The second-order valence-corrected chi connectivity index (χ2v) is 7.41. The van der Waals surface area contributed by atoms with Crippen LogP contribution < -0.4 is 5.32 Å². The van der Waals surface area contributed by atoms with E-state index in [9.17, 15) is 31.1 Å². The number of alkyl halides is 6. The van der Waals surface area contributed by atoms with Crippen LogP contribution in [0, 0.1) is 0 Å². The van der Waals surface area contributed by atoms with Gasteiger partial charge in [0.25, 0.3) is 5.91 Å². The highest BCUT2D eigenvalue weighted by molar-refractivity contribution is 9.10. The van der Waals surface area contributed by atoms with Crippen molar-refractivity contribution in [2.24, 2.45) is 0 Å². The maximum Gasteiger partial charge on any atom is 0.416 e. The van der Waals surface area contributed by atoms with Crippen molar-refractivity contribution >= 4 is 27.5 Å². The summed E-state index contributed by atoms with van der Waals surface area (Å²) in [4.78, 5) is 16.1. The highest BCUT2D eigenvalue weighted by atomic mass is 79.9. The van der Waals surface area contributed by atoms with Crippen LogP contribution in [-0.4, -0.2) is 20.7 Å². The fourth-order valence-corrected chi connectivity index (χ4v) is 3.04. The zero-order valence-corrected chi connectivity index (χ0v) is 17.2. The van der Waals surface area contributed by atoms with Gasteiger partial charge in [-0.15, -0.1) is 0 Å². The first-order valence-electron chi connectivity index (χ1n) is 8.61. The normalized spacial score (nSPS) is 13.2. The zero-order chi connectivity index (χ0) is 23.0. The van der Waals surface area contributed by atoms with Crippen LogP contribution in [0.4, 0.5) is 32.0 Å². The second-order valence-electron chi connectivity index (χ2n) is 6.50. The molecule has 0 aliphatic carbocycles. The third kappa shape index (κ3) is 5.24. The van der Waals surface area contributed by atoms with Gasteiger partial charge in [-0.3, -0.25) is 9.48 Å². The Morgan fingerprint density at radius 3 is 2.35 bits per heavy atom. The number of hydrogen-bond donors (Lipinski definition) is 1. The predicted molar refractivity (Wildman–Crippen MR) is 102 cm³/mol. The highest BCUT2D eigenvalue weighted by Crippen LogP contribution is 2.39. The minimum absolute atomic E-state index is 0.0806. The summed E-state index contributed by atoms with van der Waals surface area (Å²) in [6.07, 6.45) is -6.00. The molecule has 1 N–H and O–H groups in total. The van der Waals surface area contributed by atoms with E-state index >= 15 is 0 Å². The van der Waals surface area contributed by atoms with Gasteiger partial charge < -0.3 is 5.32 Å². The molecule has 0 saturated carbocycles. The van der Waals surface area contributed by atoms with Crippen LogP contribution in [0.1, 0.15) is 40.1 Å². The van der Waals surface area contributed by atoms with Crippen molar-refractivity contribution in [3.8, 4) is 0 Å². The molecule has 5 nitrogen and oxygen atoms in total. The molecular weight excluding hydrogens is 494 g/mol. The maximum absolute atomic E-state index is 13.4. The average molecular weight is 507 g/mol. The molecule has 31 heavy (non-hydrogen) atoms. The van der Waals surface area contributed by atoms with Gasteiger partial charge in [-0.05, 0) is 52.7 Å². The molecule has 3 rings (SSSR count). The number of carbonyl (C=O) groups excluding carboxylic acids is 1. The maximum atomic E-state index is 13.4. The van der Waals surface area contributed by atoms with Gasteiger partial charge in [-0.25, -0.2) is 4.98 Å². The van der Waals surface area contributed by atoms with E-state index in [1.165, 1.54) is 31.6 Å². The van der Waals surface area contributed by atoms with E-state index in [0.29, 0.717) is 10.5 Å². The number of nitrogens with zero attached hydrogens (tertiary/aromatic N) is 3. The molecule has 3 aromatic rings. The monoisotopic (exact) mass is 506 g/mol. The number of nitrogens with one attached hydrogen (secondary N) is 1. The first-order chi connectivity index (χ1) is 14.4. The highest BCUT2D eigenvalue weighted by Gasteiger charge is 2.39. The smallest absolute Gasteiger partial charge is 0.318 e. The van der Waals surface area contributed by atoms with E-state index in [4.69, 9.17) is 0 Å². The summed E-state index contributed by atoms with van der Waals surface area (Å²) in [7, 11) is 0. The van der Waals surface area contributed by atoms with Crippen molar-refractivity contribution in [1.29, 1.82) is 0 Å². The number of anilines is 1. The summed E-state index contributed by atoms with van der Waals surface area (Å²) >= 11 is 3.19. The molecule has 0 saturated heterocycles. The van der Waals surface area contributed by atoms with Gasteiger partial charge in [-0.2, -0.15) is 31.4 Å². The standard InChI is InChI=1S/C19H13BrF6N4O/c1-10(14-4-2-11(18(21,22)23)6-15(14)19(24,25)26)30-9-13(8-28-30)29-17(31)16-5-3-12(20)7-27-16/h2-10H,1H3,(H,29,31). The third-order valence-electron chi connectivity index (χ3n) is 4.35. The Bertz CT molecular complexity index is 1090. The summed E-state index contributed by atoms with van der Waals surface area (Å²) in [5.74, 6) is -0.565. The van der Waals surface area contributed by atoms with E-state index < -0.39 is 41.0 Å². The first kappa shape index (κ1) is 22.8. The largest absolute Gasteiger partial charge is 0.416 e. The fraction of sp³-hybridized carbons (Fsp3) is 0.211. The Morgan fingerprint density at radius 2 is 1.77 bits per heavy atom. The zero-order valence-electron chi connectivity index (χ0n) is 15.6. The van der Waals surface area contributed by atoms with E-state index in [2.05, 4.69) is 31.3 Å². The van der Waals surface area contributed by atoms with Crippen LogP contribution in [0.3, 0.4) is 0 Å². The van der Waals surface area contributed by atoms with E-state index in [0.717, 1.165) is 10.7 Å². The second kappa shape index (κ2) is 8.33. The Kier molecular flexibility index (Phi) is 6.12. The van der Waals surface area contributed by atoms with Gasteiger partial charge in [0, 0.05) is 16.9 Å². The summed E-state index contributed by atoms with van der Waals surface area (Å²) < 4.78 is 80.6. The molecule has 12 heteroatoms. The summed E-state index contributed by atoms with van der Waals surface area (Å²) in [6, 6.07) is 3.46. The molecule has 2 heterocycles. The Labute approximate surface area is 180 Å². The number of aromatic nitrogens is 3. The Hall–Kier alpha value is -2.89. The topological polar surface area (TPSA) is 59.8 Å². The molecule has 1 amide bonds. The van der Waals surface area contributed by atoms with Crippen LogP contribution in [0.5, 0.6) is 0 Å². The number of hydrogen-bond acceptors (Lipinski definition) is 3. The Balaban J connectivity index is 1.87. The van der Waals surface area contributed by atoms with E-state index in [1.54, 1.807) is 6.07 Å². The van der Waals surface area contributed by atoms with Crippen LogP contribution in [0.2, 0.25) is 0 Å². The van der Waals surface area contributed by atoms with Gasteiger partial charge in [0.2, 0.25) is 0 Å². The lowest BCUT2D eigenvalue weighted by atomic mass is 9.98. The molecule has 0 spiro atoms. The van der Waals surface area contributed by atoms with Crippen molar-refractivity contribution in [3.05, 3.63) is 75.8 Å². The molecule has 164 valence electrons. The third-order valence-corrected chi connectivity index (χ3v) is 4.82. The molecule has 0 aliphatic rings. The quantitative estimate of drug-likeness (QED) is 0.445. The molecule has 0 aliphatic heterocycles. The molecule has 2 aromatic heterocycles. The van der Waals surface area contributed by atoms with E-state index in [-0.39, 0.29) is 17.4 Å². The lowest BCUT2D eigenvalue weighted by Crippen LogP contribution is -2.18. The number of pyridine rings is 1. The predicted octanol–water partition coefficient (Wildman–Crippen LogP) is 5.94. The summed E-state index contributed by atoms with van der Waals surface area (Å²) in [5, 5.41) is 6.44. The summed E-state index contributed by atoms with van der Waals surface area (Å²) in [6.45, 7) is 1.35. The van der Waals surface area contributed by atoms with Crippen molar-refractivity contribution in [2.75, 3.05) is 5.32 Å². The number of benzene rings is 1. The molecule has 0 bridgehead atoms. The first-order valence-corrected chi connectivity index (χ1v) is 9.41. The average Bonchev–Trinajstić information content (AvgIpc) is 3.14. The summed E-state index contributed by atoms with van der Waals surface area (Å²) in [5.41, 5.74) is -2.91. The van der Waals surface area contributed by atoms with Crippen LogP contribution in [0.25, 0.3) is 0 Å². The SMILES string of the molecule is CC(c1ccc(C(F)(F)F)cc1C(F)(F)F)n1cc(NC(=O)c2ccc(Br)cn2)cn1. The Morgan fingerprint density at radius 1 is 1.06 bits per heavy atom. The van der Waals surface area contributed by atoms with Crippen molar-refractivity contribution in [3.63, 3.8) is 0 Å². The van der Waals surface area contributed by atoms with Crippen LogP contribution >= 0.6 is 15.9 Å². The number of halogens is 7. The lowest BCUT2D eigenvalue weighted by Gasteiger charge is -2.20. The van der Waals surface area contributed by atoms with Gasteiger partial charge in [0.1, 0.15) is 5.69 Å². The molecule has 0 radical (unpaired) electrons. The minimum Gasteiger partial charge on any atom is -0.318 e. The number of amides is 1. The van der Waals surface area contributed by atoms with Crippen LogP contribution in [-0.2, 0) is 12.4 Å². The molecule has 1 unspecified atom stereocenters. The van der Waals surface area contributed by atoms with Gasteiger partial charge in [-0.1, -0.05) is 6.07 Å². The van der Waals surface area contributed by atoms with Gasteiger partial charge in [0.15, 0.2) is 0 Å². The molecular formula is C19H13BrF6N4O. The van der Waals surface area contributed by atoms with Crippen molar-refractivity contribution in [2.45, 2.75) is 25.3 Å². The molecule has 0 fully saturated rings. The fourth-order valence-electron chi connectivity index (χ4n) is 2.80. The van der Waals surface area contributed by atoms with E-state index in [1.807, 2.05) is 0 Å². The van der Waals surface area contributed by atoms with Gasteiger partial charge >= 0.3 is 12.4 Å². The van der Waals surface area contributed by atoms with Crippen LogP contribution in [0.15, 0.2) is 53.4 Å². The van der Waals surface area contributed by atoms with Crippen molar-refractivity contribution in [1.82, 2.24) is 14.8 Å². The number of rotatable bonds is 4. The molecule has 1 atom stereocenters. The minimum atomic E-state index is -5.00. The lowest BCUT2D eigenvalue weighted by molar-refractivity contribution is -0.143. The number of carbonyl (C=O) groups is 1. The van der Waals surface area contributed by atoms with Gasteiger partial charge in [0.05, 0.1) is 29.1 Å². The molecule has 1 aromatic carbocycles. The van der Waals surface area contributed by atoms with Crippen molar-refractivity contribution < 1.29 is 31.1 Å².